The Morgan fingerprint density at radius 3 is 2.55 bits per heavy atom. The smallest absolute Gasteiger partial charge is 0.306 e. The maximum Gasteiger partial charge on any atom is 0.306 e. The molecule has 1 aliphatic carbocycles. The summed E-state index contributed by atoms with van der Waals surface area (Å²) in [5, 5.41) is 4.85. The fraction of sp³-hybridized carbons (Fsp3) is 0.375. The van der Waals surface area contributed by atoms with Crippen LogP contribution in [0.15, 0.2) is 72.8 Å². The van der Waals surface area contributed by atoms with Crippen LogP contribution < -0.4 is 5.32 Å². The molecule has 1 aliphatic heterocycles. The molecule has 2 aliphatic rings. The molecule has 0 amide bonds. The molecule has 2 unspecified atom stereocenters. The molecule has 0 aromatic heterocycles. The lowest BCUT2D eigenvalue weighted by atomic mass is 9.62. The van der Waals surface area contributed by atoms with Crippen molar-refractivity contribution in [2.75, 3.05) is 20.2 Å². The van der Waals surface area contributed by atoms with Gasteiger partial charge in [0.2, 0.25) is 0 Å². The average Bonchev–Trinajstić information content (AvgIpc) is 2.91. The van der Waals surface area contributed by atoms with E-state index in [1.165, 1.54) is 7.11 Å². The largest absolute Gasteiger partial charge is 0.469 e. The third-order valence-electron chi connectivity index (χ3n) is 8.07. The van der Waals surface area contributed by atoms with Crippen molar-refractivity contribution >= 4 is 46.1 Å². The number of methoxy groups -OCH3 is 1. The van der Waals surface area contributed by atoms with Crippen molar-refractivity contribution in [3.63, 3.8) is 0 Å². The number of nitrogens with one attached hydrogen (secondary N) is 1. The van der Waals surface area contributed by atoms with Crippen molar-refractivity contribution in [3.8, 4) is 0 Å². The summed E-state index contributed by atoms with van der Waals surface area (Å²) in [7, 11) is 1.42. The number of ether oxygens (including phenoxy) is 1. The fourth-order valence-corrected chi connectivity index (χ4v) is 6.56. The second-order valence-electron chi connectivity index (χ2n) is 10.4. The summed E-state index contributed by atoms with van der Waals surface area (Å²) >= 11 is 12.7. The van der Waals surface area contributed by atoms with Crippen LogP contribution in [0.3, 0.4) is 0 Å². The maximum absolute atomic E-state index is 14.0. The molecule has 0 radical (unpaired) electrons. The second-order valence-corrected chi connectivity index (χ2v) is 11.3. The highest BCUT2D eigenvalue weighted by Gasteiger charge is 2.46. The lowest BCUT2D eigenvalue weighted by molar-refractivity contribution is -0.144. The Hall–Kier alpha value is -2.66. The summed E-state index contributed by atoms with van der Waals surface area (Å²) in [5.74, 6) is -0.453. The van der Waals surface area contributed by atoms with E-state index in [0.717, 1.165) is 34.3 Å². The van der Waals surface area contributed by atoms with Crippen LogP contribution in [0.25, 0.3) is 11.1 Å². The highest BCUT2D eigenvalue weighted by atomic mass is 35.5. The lowest BCUT2D eigenvalue weighted by Crippen LogP contribution is -2.50. The first-order valence-corrected chi connectivity index (χ1v) is 13.9. The Morgan fingerprint density at radius 2 is 1.92 bits per heavy atom. The standard InChI is InChI=1S/C32H35Cl2NO3/c1-5-24(6-2)32(17-28(36)38-4)16-23(18-35-19-32)30-29(21-10-12-25(33)13-11-21)27(14-20(3)31(30)37)22-8-7-9-26(34)15-22/h5,7-15,20,23-24,35H,1,6,16-19H2,2-4H3/t20?,23-,24?,32-/m0/s1. The minimum Gasteiger partial charge on any atom is -0.469 e. The minimum absolute atomic E-state index is 0.0931. The normalized spacial score (nSPS) is 24.6. The zero-order chi connectivity index (χ0) is 27.4. The van der Waals surface area contributed by atoms with Crippen LogP contribution in [0, 0.1) is 23.2 Å². The molecule has 6 heteroatoms. The number of esters is 1. The summed E-state index contributed by atoms with van der Waals surface area (Å²) in [6.45, 7) is 9.45. The Morgan fingerprint density at radius 1 is 1.18 bits per heavy atom. The predicted molar refractivity (Wildman–Crippen MR) is 156 cm³/mol. The minimum atomic E-state index is -0.411. The number of hydrogen-bond acceptors (Lipinski definition) is 4. The SMILES string of the molecule is C=CC(CC)[C@@]1(CC(=O)OC)CNC[C@@H](C2=C(c3ccc(Cl)cc3)C(c3cccc(Cl)c3)=CC(C)C2=O)C1. The third kappa shape index (κ3) is 5.68. The maximum atomic E-state index is 14.0. The van der Waals surface area contributed by atoms with Crippen molar-refractivity contribution in [3.05, 3.63) is 94.0 Å². The average molecular weight is 553 g/mol. The van der Waals surface area contributed by atoms with Crippen LogP contribution in [-0.2, 0) is 14.3 Å². The van der Waals surface area contributed by atoms with Gasteiger partial charge in [0.05, 0.1) is 13.5 Å². The van der Waals surface area contributed by atoms with Crippen molar-refractivity contribution in [2.45, 2.75) is 33.1 Å². The molecule has 4 rings (SSSR count). The van der Waals surface area contributed by atoms with Gasteiger partial charge in [0.1, 0.15) is 0 Å². The van der Waals surface area contributed by atoms with Gasteiger partial charge in [0.15, 0.2) is 5.78 Å². The fourth-order valence-electron chi connectivity index (χ4n) is 6.24. The van der Waals surface area contributed by atoms with Crippen molar-refractivity contribution in [1.29, 1.82) is 0 Å². The third-order valence-corrected chi connectivity index (χ3v) is 8.55. The van der Waals surface area contributed by atoms with E-state index in [1.54, 1.807) is 0 Å². The number of benzene rings is 2. The van der Waals surface area contributed by atoms with Crippen LogP contribution >= 0.6 is 23.2 Å². The van der Waals surface area contributed by atoms with Crippen LogP contribution in [-0.4, -0.2) is 32.0 Å². The summed E-state index contributed by atoms with van der Waals surface area (Å²) in [6.07, 6.45) is 5.77. The quantitative estimate of drug-likeness (QED) is 0.274. The number of hydrogen-bond donors (Lipinski definition) is 1. The molecule has 0 bridgehead atoms. The molecule has 1 heterocycles. The van der Waals surface area contributed by atoms with E-state index >= 15 is 0 Å². The van der Waals surface area contributed by atoms with Crippen molar-refractivity contribution in [2.24, 2.45) is 23.2 Å². The number of rotatable bonds is 8. The Labute approximate surface area is 235 Å². The molecule has 2 aromatic rings. The van der Waals surface area contributed by atoms with Crippen molar-refractivity contribution in [1.82, 2.24) is 5.32 Å². The summed E-state index contributed by atoms with van der Waals surface area (Å²) < 4.78 is 5.11. The molecule has 1 saturated heterocycles. The van der Waals surface area contributed by atoms with E-state index < -0.39 is 5.41 Å². The van der Waals surface area contributed by atoms with E-state index in [2.05, 4.69) is 18.8 Å². The topological polar surface area (TPSA) is 55.4 Å². The Bertz CT molecular complexity index is 1280. The lowest BCUT2D eigenvalue weighted by Gasteiger charge is -2.46. The molecular formula is C32H35Cl2NO3. The van der Waals surface area contributed by atoms with E-state index in [0.29, 0.717) is 29.6 Å². The Balaban J connectivity index is 1.92. The molecule has 4 atom stereocenters. The van der Waals surface area contributed by atoms with Crippen LogP contribution in [0.1, 0.15) is 44.2 Å². The highest BCUT2D eigenvalue weighted by Crippen LogP contribution is 2.49. The van der Waals surface area contributed by atoms with Gasteiger partial charge in [-0.1, -0.05) is 73.5 Å². The first-order chi connectivity index (χ1) is 18.2. The highest BCUT2D eigenvalue weighted by molar-refractivity contribution is 6.31. The first-order valence-electron chi connectivity index (χ1n) is 13.2. The predicted octanol–water partition coefficient (Wildman–Crippen LogP) is 7.42. The number of piperidine rings is 1. The number of carbonyl (C=O) groups excluding carboxylic acids is 2. The molecule has 0 spiro atoms. The van der Waals surface area contributed by atoms with Gasteiger partial charge in [-0.2, -0.15) is 0 Å². The van der Waals surface area contributed by atoms with Crippen LogP contribution in [0.5, 0.6) is 0 Å². The molecule has 200 valence electrons. The molecule has 4 nitrogen and oxygen atoms in total. The Kier molecular flexibility index (Phi) is 8.97. The number of carbonyl (C=O) groups is 2. The second kappa shape index (κ2) is 12.0. The molecule has 1 fully saturated rings. The van der Waals surface area contributed by atoms with Gasteiger partial charge in [-0.15, -0.1) is 6.58 Å². The van der Waals surface area contributed by atoms with Crippen LogP contribution in [0.4, 0.5) is 0 Å². The number of halogens is 2. The van der Waals surface area contributed by atoms with E-state index in [-0.39, 0.29) is 35.9 Å². The number of ketones is 1. The molecular weight excluding hydrogens is 517 g/mol. The zero-order valence-electron chi connectivity index (χ0n) is 22.2. The molecule has 2 aromatic carbocycles. The monoisotopic (exact) mass is 551 g/mol. The number of allylic oxidation sites excluding steroid dienone is 4. The zero-order valence-corrected chi connectivity index (χ0v) is 23.7. The first kappa shape index (κ1) is 28.4. The number of Topliss-reactive ketones (excluding diaryl/α,β-unsaturated/α-hetero) is 1. The molecule has 38 heavy (non-hydrogen) atoms. The van der Waals surface area contributed by atoms with Crippen molar-refractivity contribution < 1.29 is 14.3 Å². The van der Waals surface area contributed by atoms with Crippen LogP contribution in [0.2, 0.25) is 10.0 Å². The molecule has 0 saturated carbocycles. The summed E-state index contributed by atoms with van der Waals surface area (Å²) in [4.78, 5) is 26.6. The van der Waals surface area contributed by atoms with E-state index in [9.17, 15) is 9.59 Å². The van der Waals surface area contributed by atoms with Gasteiger partial charge >= 0.3 is 5.97 Å². The van der Waals surface area contributed by atoms with Gasteiger partial charge in [0.25, 0.3) is 0 Å². The van der Waals surface area contributed by atoms with E-state index in [4.69, 9.17) is 27.9 Å². The van der Waals surface area contributed by atoms with Gasteiger partial charge < -0.3 is 10.1 Å². The van der Waals surface area contributed by atoms with E-state index in [1.807, 2.05) is 67.6 Å². The van der Waals surface area contributed by atoms with Gasteiger partial charge in [-0.3, -0.25) is 9.59 Å². The van der Waals surface area contributed by atoms with Gasteiger partial charge in [0, 0.05) is 46.0 Å². The summed E-state index contributed by atoms with van der Waals surface area (Å²) in [5.41, 5.74) is 4.15. The summed E-state index contributed by atoms with van der Waals surface area (Å²) in [6, 6.07) is 15.4. The van der Waals surface area contributed by atoms with Gasteiger partial charge in [-0.25, -0.2) is 0 Å². The van der Waals surface area contributed by atoms with Gasteiger partial charge in [-0.05, 0) is 65.3 Å². The molecule has 1 N–H and O–H groups in total.